The summed E-state index contributed by atoms with van der Waals surface area (Å²) in [5.74, 6) is 0.0908. The monoisotopic (exact) mass is 468 g/mol. The Morgan fingerprint density at radius 2 is 2.00 bits per heavy atom. The Balaban J connectivity index is 1.37. The second kappa shape index (κ2) is 10.5. The van der Waals surface area contributed by atoms with E-state index in [0.717, 1.165) is 31.4 Å². The van der Waals surface area contributed by atoms with Gasteiger partial charge in [-0.3, -0.25) is 19.5 Å². The molecule has 0 aromatic carbocycles. The fraction of sp³-hybridized carbons (Fsp3) is 0.520. The summed E-state index contributed by atoms with van der Waals surface area (Å²) in [5, 5.41) is 5.11. The van der Waals surface area contributed by atoms with Crippen molar-refractivity contribution in [2.24, 2.45) is 5.92 Å². The molecule has 1 N–H and O–H groups in total. The summed E-state index contributed by atoms with van der Waals surface area (Å²) in [7, 11) is 0. The van der Waals surface area contributed by atoms with Gasteiger partial charge in [0.15, 0.2) is 0 Å². The fourth-order valence-electron chi connectivity index (χ4n) is 5.13. The Bertz CT molecular complexity index is 957. The first-order valence-electron chi connectivity index (χ1n) is 11.9. The van der Waals surface area contributed by atoms with Crippen LogP contribution < -0.4 is 5.32 Å². The van der Waals surface area contributed by atoms with Gasteiger partial charge in [-0.05, 0) is 55.2 Å². The van der Waals surface area contributed by atoms with Crippen LogP contribution in [-0.4, -0.2) is 57.8 Å². The molecule has 33 heavy (non-hydrogen) atoms. The maximum absolute atomic E-state index is 13.5. The predicted octanol–water partition coefficient (Wildman–Crippen LogP) is 3.65. The molecule has 2 saturated heterocycles. The van der Waals surface area contributed by atoms with Gasteiger partial charge in [0.2, 0.25) is 5.91 Å². The van der Waals surface area contributed by atoms with E-state index in [9.17, 15) is 14.4 Å². The highest BCUT2D eigenvalue weighted by molar-refractivity contribution is 7.09. The number of hydrogen-bond donors (Lipinski definition) is 1. The molecule has 0 bridgehead atoms. The van der Waals surface area contributed by atoms with E-state index < -0.39 is 5.54 Å². The molecule has 2 fully saturated rings. The molecule has 4 heterocycles. The molecule has 2 aromatic heterocycles. The summed E-state index contributed by atoms with van der Waals surface area (Å²) in [6.07, 6.45) is 6.43. The minimum Gasteiger partial charge on any atom is -0.343 e. The van der Waals surface area contributed by atoms with E-state index >= 15 is 0 Å². The first-order chi connectivity index (χ1) is 16.0. The third kappa shape index (κ3) is 5.11. The van der Waals surface area contributed by atoms with Crippen molar-refractivity contribution in [1.82, 2.24) is 20.1 Å². The number of rotatable bonds is 9. The molecule has 176 valence electrons. The lowest BCUT2D eigenvalue weighted by Gasteiger charge is -2.41. The van der Waals surface area contributed by atoms with Gasteiger partial charge >= 0.3 is 6.03 Å². The normalized spacial score (nSPS) is 21.5. The van der Waals surface area contributed by atoms with E-state index in [1.165, 1.54) is 9.78 Å². The molecule has 7 nitrogen and oxygen atoms in total. The zero-order valence-corrected chi connectivity index (χ0v) is 20.0. The lowest BCUT2D eigenvalue weighted by Crippen LogP contribution is -2.56. The number of imide groups is 1. The number of pyridine rings is 1. The van der Waals surface area contributed by atoms with E-state index in [2.05, 4.69) is 16.4 Å². The van der Waals surface area contributed by atoms with Crippen LogP contribution in [0.1, 0.15) is 49.6 Å². The summed E-state index contributed by atoms with van der Waals surface area (Å²) < 4.78 is 0. The number of piperidine rings is 1. The molecular formula is C25H32N4O3S. The van der Waals surface area contributed by atoms with E-state index in [-0.39, 0.29) is 23.8 Å². The Kier molecular flexibility index (Phi) is 7.42. The molecule has 2 aliphatic rings. The zero-order valence-electron chi connectivity index (χ0n) is 19.2. The number of nitrogens with one attached hydrogen (secondary N) is 1. The summed E-state index contributed by atoms with van der Waals surface area (Å²) in [6, 6.07) is 9.43. The van der Waals surface area contributed by atoms with Crippen molar-refractivity contribution in [2.75, 3.05) is 19.6 Å². The number of aryl methyl sites for hydroxylation is 1. The van der Waals surface area contributed by atoms with Gasteiger partial charge in [-0.2, -0.15) is 0 Å². The average molecular weight is 469 g/mol. The Labute approximate surface area is 199 Å². The van der Waals surface area contributed by atoms with Crippen LogP contribution in [0, 0.1) is 5.92 Å². The second-order valence-corrected chi connectivity index (χ2v) is 9.95. The van der Waals surface area contributed by atoms with Crippen molar-refractivity contribution in [3.8, 4) is 0 Å². The number of likely N-dealkylation sites (tertiary alicyclic amines) is 1. The molecular weight excluding hydrogens is 436 g/mol. The van der Waals surface area contributed by atoms with Crippen LogP contribution in [0.3, 0.4) is 0 Å². The Morgan fingerprint density at radius 1 is 1.18 bits per heavy atom. The first-order valence-corrected chi connectivity index (χ1v) is 12.8. The van der Waals surface area contributed by atoms with Crippen LogP contribution in [0.5, 0.6) is 0 Å². The molecule has 0 aliphatic carbocycles. The Morgan fingerprint density at radius 3 is 2.67 bits per heavy atom. The van der Waals surface area contributed by atoms with Gasteiger partial charge in [0.1, 0.15) is 5.54 Å². The number of carbonyl (C=O) groups is 3. The SMILES string of the molecule is CCC[C@]1(C2CCN(C(=O)CCc3cccs3)CC2)NC(=O)N(CCc2ccccn2)C1=O. The van der Waals surface area contributed by atoms with Crippen molar-refractivity contribution < 1.29 is 14.4 Å². The molecule has 0 saturated carbocycles. The van der Waals surface area contributed by atoms with E-state index in [1.807, 2.05) is 41.5 Å². The molecule has 2 aliphatic heterocycles. The molecule has 8 heteroatoms. The van der Waals surface area contributed by atoms with Gasteiger partial charge in [-0.1, -0.05) is 25.5 Å². The Hall–Kier alpha value is -2.74. The lowest BCUT2D eigenvalue weighted by atomic mass is 9.74. The molecule has 4 amide bonds. The van der Waals surface area contributed by atoms with Gasteiger partial charge in [0.05, 0.1) is 0 Å². The molecule has 2 aromatic rings. The van der Waals surface area contributed by atoms with E-state index in [0.29, 0.717) is 38.9 Å². The van der Waals surface area contributed by atoms with Crippen molar-refractivity contribution in [2.45, 2.75) is 57.4 Å². The number of thiophene rings is 1. The highest BCUT2D eigenvalue weighted by atomic mass is 32.1. The first kappa shape index (κ1) is 23.4. The van der Waals surface area contributed by atoms with Crippen molar-refractivity contribution in [3.63, 3.8) is 0 Å². The van der Waals surface area contributed by atoms with Crippen LogP contribution in [0.2, 0.25) is 0 Å². The summed E-state index contributed by atoms with van der Waals surface area (Å²) in [6.45, 7) is 3.64. The molecule has 4 rings (SSSR count). The minimum atomic E-state index is -0.859. The van der Waals surface area contributed by atoms with Crippen molar-refractivity contribution >= 4 is 29.2 Å². The van der Waals surface area contributed by atoms with Gasteiger partial charge in [0, 0.05) is 49.2 Å². The largest absolute Gasteiger partial charge is 0.343 e. The highest BCUT2D eigenvalue weighted by Crippen LogP contribution is 2.37. The lowest BCUT2D eigenvalue weighted by molar-refractivity contribution is -0.136. The van der Waals surface area contributed by atoms with E-state index in [4.69, 9.17) is 0 Å². The zero-order chi connectivity index (χ0) is 23.3. The quantitative estimate of drug-likeness (QED) is 0.570. The number of urea groups is 1. The van der Waals surface area contributed by atoms with Crippen LogP contribution in [0.4, 0.5) is 4.79 Å². The summed E-state index contributed by atoms with van der Waals surface area (Å²) >= 11 is 1.68. The maximum atomic E-state index is 13.5. The van der Waals surface area contributed by atoms with Gasteiger partial charge in [-0.25, -0.2) is 4.79 Å². The number of nitrogens with zero attached hydrogens (tertiary/aromatic N) is 3. The van der Waals surface area contributed by atoms with Gasteiger partial charge < -0.3 is 10.2 Å². The third-order valence-corrected chi connectivity index (χ3v) is 7.81. The summed E-state index contributed by atoms with van der Waals surface area (Å²) in [4.78, 5) is 47.9. The van der Waals surface area contributed by atoms with Crippen LogP contribution in [0.15, 0.2) is 41.9 Å². The fourth-order valence-corrected chi connectivity index (χ4v) is 5.84. The van der Waals surface area contributed by atoms with Crippen LogP contribution >= 0.6 is 11.3 Å². The average Bonchev–Trinajstić information content (AvgIpc) is 3.44. The number of amides is 4. The van der Waals surface area contributed by atoms with Gasteiger partial charge in [-0.15, -0.1) is 11.3 Å². The number of aromatic nitrogens is 1. The molecule has 0 spiro atoms. The van der Waals surface area contributed by atoms with Crippen molar-refractivity contribution in [3.05, 3.63) is 52.5 Å². The second-order valence-electron chi connectivity index (χ2n) is 8.91. The predicted molar refractivity (Wildman–Crippen MR) is 128 cm³/mol. The molecule has 1 atom stereocenters. The van der Waals surface area contributed by atoms with Crippen LogP contribution in [-0.2, 0) is 22.4 Å². The third-order valence-electron chi connectivity index (χ3n) is 6.87. The number of carbonyl (C=O) groups excluding carboxylic acids is 3. The topological polar surface area (TPSA) is 82.6 Å². The van der Waals surface area contributed by atoms with Crippen molar-refractivity contribution in [1.29, 1.82) is 0 Å². The molecule has 0 unspecified atom stereocenters. The standard InChI is InChI=1S/C25H32N4O3S/c1-2-13-25(23(31)29(24(32)27-25)17-12-20-6-3-4-14-26-20)19-10-15-28(16-11-19)22(30)9-8-21-7-5-18-33-21/h3-7,14,18-19H,2,8-13,15-17H2,1H3,(H,27,32)/t25-/m1/s1. The smallest absolute Gasteiger partial charge is 0.325 e. The highest BCUT2D eigenvalue weighted by Gasteiger charge is 2.55. The van der Waals surface area contributed by atoms with E-state index in [1.54, 1.807) is 17.5 Å². The number of hydrogen-bond acceptors (Lipinski definition) is 5. The maximum Gasteiger partial charge on any atom is 0.325 e. The van der Waals surface area contributed by atoms with Gasteiger partial charge in [0.25, 0.3) is 5.91 Å². The molecule has 0 radical (unpaired) electrons. The van der Waals surface area contributed by atoms with Crippen LogP contribution in [0.25, 0.3) is 0 Å². The minimum absolute atomic E-state index is 0.0371. The summed E-state index contributed by atoms with van der Waals surface area (Å²) in [5.41, 5.74) is 0.00247.